The van der Waals surface area contributed by atoms with Crippen molar-refractivity contribution in [2.24, 2.45) is 0 Å². The smallest absolute Gasteiger partial charge is 0.463 e. The second-order valence-corrected chi connectivity index (χ2v) is 32.6. The molecule has 0 aliphatic rings. The highest BCUT2D eigenvalue weighted by Gasteiger charge is 2.29. The Morgan fingerprint density at radius 3 is 0.743 bits per heavy atom. The molecule has 5 unspecified atom stereocenters. The highest BCUT2D eigenvalue weighted by molar-refractivity contribution is 7.47. The molecule has 18 heteroatoms. The summed E-state index contributed by atoms with van der Waals surface area (Å²) in [6.07, 6.45) is 110. The lowest BCUT2D eigenvalue weighted by atomic mass is 10.0. The van der Waals surface area contributed by atoms with Gasteiger partial charge in [0.15, 0.2) is 6.10 Å². The van der Waals surface area contributed by atoms with Crippen molar-refractivity contribution in [3.8, 4) is 0 Å². The van der Waals surface area contributed by atoms with E-state index in [4.69, 9.17) is 32.3 Å². The van der Waals surface area contributed by atoms with E-state index in [1.54, 1.807) is 0 Å². The Morgan fingerprint density at radius 1 is 0.257 bits per heavy atom. The van der Waals surface area contributed by atoms with Gasteiger partial charge in [0, 0.05) is 19.3 Å². The van der Waals surface area contributed by atoms with Crippen LogP contribution in [0.2, 0.25) is 0 Å². The molecule has 0 saturated carbocycles. The molecule has 0 aliphatic heterocycles. The van der Waals surface area contributed by atoms with Crippen LogP contribution in [0.5, 0.6) is 0 Å². The molecule has 0 rings (SSSR count). The standard InChI is InChI=1S/C95H162O16P2/c1-4-7-10-13-16-19-22-25-28-31-34-37-38-39-40-41-42-43-44-45-46-47-48-49-50-53-55-57-60-63-66-69-72-75-78-81-93(98)105-84-90(96)85-107-112(101,102)108-86-91(97)87-109-113(103,104)110-89-92(111-95(100)83-80-77-74-71-68-65-62-59-56-52-36-33-30-27-24-21-18-15-12-9-6-3)88-106-94(99)82-79-76-73-70-67-64-61-58-54-51-35-32-29-26-23-20-17-14-11-8-5-2/h8,11,16-21,25-30,34-37,39-40,51-52,58-59,61-62,90-92,96-97H,4-7,9-10,12-15,22-24,31-33,38,41-50,53-57,60,63-89H2,1-3H3,(H,101,102)(H,103,104)/b11-8-,19-16-,20-17-,21-18-,28-25-,29-26-,30-27-,37-34-,40-39-,51-35-,52-36-,61-58-,62-59-. The third kappa shape index (κ3) is 87.8. The molecule has 113 heavy (non-hydrogen) atoms. The summed E-state index contributed by atoms with van der Waals surface area (Å²) in [6.45, 7) is 2.50. The van der Waals surface area contributed by atoms with Gasteiger partial charge in [-0.05, 0) is 154 Å². The second-order valence-electron chi connectivity index (χ2n) is 29.7. The molecule has 0 bridgehead atoms. The Bertz CT molecular complexity index is 2680. The highest BCUT2D eigenvalue weighted by Crippen LogP contribution is 2.45. The topological polar surface area (TPSA) is 231 Å². The van der Waals surface area contributed by atoms with Crippen LogP contribution in [0.25, 0.3) is 0 Å². The summed E-state index contributed by atoms with van der Waals surface area (Å²) in [5.74, 6) is -1.61. The molecule has 0 aromatic rings. The number of allylic oxidation sites excluding steroid dienone is 26. The number of aliphatic hydroxyl groups excluding tert-OH is 2. The molecule has 0 amide bonds. The molecule has 0 aromatic heterocycles. The molecule has 5 atom stereocenters. The first-order valence-electron chi connectivity index (χ1n) is 44.8. The Kier molecular flexibility index (Phi) is 82.8. The molecule has 0 radical (unpaired) electrons. The lowest BCUT2D eigenvalue weighted by Gasteiger charge is -2.21. The van der Waals surface area contributed by atoms with Crippen LogP contribution in [0.15, 0.2) is 158 Å². The van der Waals surface area contributed by atoms with Gasteiger partial charge in [-0.15, -0.1) is 0 Å². The van der Waals surface area contributed by atoms with Crippen LogP contribution in [0.3, 0.4) is 0 Å². The number of phosphoric ester groups is 2. The maximum atomic E-state index is 13.0. The maximum absolute atomic E-state index is 13.0. The third-order valence-corrected chi connectivity index (χ3v) is 20.6. The molecule has 648 valence electrons. The van der Waals surface area contributed by atoms with Crippen molar-refractivity contribution < 1.29 is 75.8 Å². The fraction of sp³-hybridized carbons (Fsp3) is 0.695. The Hall–Kier alpha value is -4.83. The van der Waals surface area contributed by atoms with E-state index in [1.165, 1.54) is 148 Å². The van der Waals surface area contributed by atoms with Crippen molar-refractivity contribution in [3.63, 3.8) is 0 Å². The number of ether oxygens (including phenoxy) is 3. The van der Waals surface area contributed by atoms with Crippen LogP contribution < -0.4 is 0 Å². The lowest BCUT2D eigenvalue weighted by Crippen LogP contribution is -2.30. The van der Waals surface area contributed by atoms with Crippen molar-refractivity contribution in [1.29, 1.82) is 0 Å². The van der Waals surface area contributed by atoms with Crippen LogP contribution in [0, 0.1) is 0 Å². The van der Waals surface area contributed by atoms with Crippen LogP contribution in [0.1, 0.15) is 367 Å². The van der Waals surface area contributed by atoms with Gasteiger partial charge in [0.25, 0.3) is 0 Å². The summed E-state index contributed by atoms with van der Waals surface area (Å²) in [5.41, 5.74) is 0. The van der Waals surface area contributed by atoms with Gasteiger partial charge in [-0.3, -0.25) is 32.5 Å². The summed E-state index contributed by atoms with van der Waals surface area (Å²) in [4.78, 5) is 58.9. The highest BCUT2D eigenvalue weighted by atomic mass is 31.2. The van der Waals surface area contributed by atoms with Gasteiger partial charge >= 0.3 is 33.6 Å². The first-order chi connectivity index (χ1) is 55.2. The van der Waals surface area contributed by atoms with Gasteiger partial charge in [0.2, 0.25) is 0 Å². The van der Waals surface area contributed by atoms with Crippen molar-refractivity contribution >= 4 is 33.6 Å². The minimum absolute atomic E-state index is 0.0743. The number of hydrogen-bond donors (Lipinski definition) is 4. The van der Waals surface area contributed by atoms with Crippen molar-refractivity contribution in [1.82, 2.24) is 0 Å². The number of rotatable bonds is 84. The molecule has 0 heterocycles. The van der Waals surface area contributed by atoms with E-state index >= 15 is 0 Å². The van der Waals surface area contributed by atoms with E-state index in [9.17, 15) is 43.5 Å². The van der Waals surface area contributed by atoms with Crippen molar-refractivity contribution in [2.75, 3.05) is 39.6 Å². The molecule has 16 nitrogen and oxygen atoms in total. The maximum Gasteiger partial charge on any atom is 0.472 e. The first kappa shape index (κ1) is 108. The number of hydrogen-bond acceptors (Lipinski definition) is 14. The molecule has 0 aromatic carbocycles. The Morgan fingerprint density at radius 2 is 0.469 bits per heavy atom. The van der Waals surface area contributed by atoms with Crippen molar-refractivity contribution in [2.45, 2.75) is 386 Å². The summed E-state index contributed by atoms with van der Waals surface area (Å²) >= 11 is 0. The quantitative estimate of drug-likeness (QED) is 0.0146. The fourth-order valence-corrected chi connectivity index (χ4v) is 13.5. The van der Waals surface area contributed by atoms with Gasteiger partial charge in [-0.1, -0.05) is 352 Å². The van der Waals surface area contributed by atoms with Gasteiger partial charge < -0.3 is 34.2 Å². The normalized spacial score (nSPS) is 14.6. The summed E-state index contributed by atoms with van der Waals surface area (Å²) < 4.78 is 61.3. The van der Waals surface area contributed by atoms with E-state index in [0.29, 0.717) is 19.3 Å². The summed E-state index contributed by atoms with van der Waals surface area (Å²) in [7, 11) is -9.82. The predicted molar refractivity (Wildman–Crippen MR) is 472 cm³/mol. The van der Waals surface area contributed by atoms with Crippen LogP contribution in [-0.4, -0.2) is 95.9 Å². The van der Waals surface area contributed by atoms with Crippen molar-refractivity contribution in [3.05, 3.63) is 158 Å². The first-order valence-corrected chi connectivity index (χ1v) is 47.8. The number of aliphatic hydroxyl groups is 2. The zero-order valence-electron chi connectivity index (χ0n) is 71.3. The van der Waals surface area contributed by atoms with E-state index in [1.807, 2.05) is 0 Å². The van der Waals surface area contributed by atoms with E-state index < -0.39 is 91.5 Å². The molecule has 0 saturated heterocycles. The summed E-state index contributed by atoms with van der Waals surface area (Å²) in [6, 6.07) is 0. The molecular weight excluding hydrogens is 1460 g/mol. The largest absolute Gasteiger partial charge is 0.472 e. The number of carbonyl (C=O) groups is 3. The van der Waals surface area contributed by atoms with Crippen LogP contribution >= 0.6 is 15.6 Å². The summed E-state index contributed by atoms with van der Waals surface area (Å²) in [5, 5.41) is 20.7. The average molecular weight is 1620 g/mol. The fourth-order valence-electron chi connectivity index (χ4n) is 11.9. The predicted octanol–water partition coefficient (Wildman–Crippen LogP) is 27.3. The van der Waals surface area contributed by atoms with E-state index in [0.717, 1.165) is 161 Å². The minimum atomic E-state index is -4.95. The average Bonchev–Trinajstić information content (AvgIpc) is 0.902. The zero-order chi connectivity index (χ0) is 82.2. The second kappa shape index (κ2) is 86.5. The molecule has 0 fully saturated rings. The number of phosphoric acid groups is 2. The van der Waals surface area contributed by atoms with Crippen LogP contribution in [-0.2, 0) is 55.8 Å². The van der Waals surface area contributed by atoms with Crippen LogP contribution in [0.4, 0.5) is 0 Å². The molecule has 0 spiro atoms. The van der Waals surface area contributed by atoms with E-state index in [2.05, 4.69) is 179 Å². The number of esters is 3. The number of carbonyl (C=O) groups excluding carboxylic acids is 3. The molecule has 4 N–H and O–H groups in total. The van der Waals surface area contributed by atoms with Gasteiger partial charge in [-0.2, -0.15) is 0 Å². The molecule has 0 aliphatic carbocycles. The monoisotopic (exact) mass is 1620 g/mol. The minimum Gasteiger partial charge on any atom is -0.463 e. The molecular formula is C95H162O16P2. The van der Waals surface area contributed by atoms with E-state index in [-0.39, 0.29) is 19.3 Å². The number of unbranched alkanes of at least 4 members (excludes halogenated alkanes) is 35. The van der Waals surface area contributed by atoms with Gasteiger partial charge in [0.05, 0.1) is 26.4 Å². The third-order valence-electron chi connectivity index (χ3n) is 18.7. The van der Waals surface area contributed by atoms with Gasteiger partial charge in [-0.25, -0.2) is 9.13 Å². The lowest BCUT2D eigenvalue weighted by molar-refractivity contribution is -0.161. The zero-order valence-corrected chi connectivity index (χ0v) is 73.0. The Labute approximate surface area is 689 Å². The SMILES string of the molecule is CC/C=C\C/C=C\C/C=C\C/C=C\C/C=C\CCCCCCCC(=O)OCC(COP(=O)(O)OCC(O)COP(=O)(O)OCC(O)COC(=O)CCCCCCCCCCCCCCCCCCCCC/C=C\C/C=C\C/C=C\C/C=C\CCCCC)OC(=O)CCCCCCC/C=C\C/C=C\C/C=C\C/C=C\CCCCC. The van der Waals surface area contributed by atoms with Gasteiger partial charge in [0.1, 0.15) is 25.4 Å². The Balaban J connectivity index is 4.53.